The lowest BCUT2D eigenvalue weighted by Gasteiger charge is -2.23. The number of hydrogen-bond acceptors (Lipinski definition) is 5. The molecule has 7 nitrogen and oxygen atoms in total. The summed E-state index contributed by atoms with van der Waals surface area (Å²) in [7, 11) is 1.31. The first-order chi connectivity index (χ1) is 15.4. The normalized spacial score (nSPS) is 12.7. The smallest absolute Gasteiger partial charge is 0.408 e. The summed E-state index contributed by atoms with van der Waals surface area (Å²) in [5.74, 6) is -0.714. The molecule has 2 atom stereocenters. The highest BCUT2D eigenvalue weighted by molar-refractivity contribution is 5.89. The van der Waals surface area contributed by atoms with Crippen molar-refractivity contribution in [1.82, 2.24) is 10.6 Å². The molecule has 0 radical (unpaired) electrons. The second-order valence-corrected chi connectivity index (χ2v) is 8.53. The third-order valence-corrected chi connectivity index (χ3v) is 5.18. The van der Waals surface area contributed by atoms with E-state index < -0.39 is 30.1 Å². The van der Waals surface area contributed by atoms with Gasteiger partial charge in [-0.3, -0.25) is 4.79 Å². The molecule has 0 aliphatic carbocycles. The average Bonchev–Trinajstić information content (AvgIpc) is 2.78. The maximum atomic E-state index is 12.9. The molecule has 0 aliphatic heterocycles. The maximum Gasteiger partial charge on any atom is 0.408 e. The van der Waals surface area contributed by atoms with Crippen LogP contribution in [0.15, 0.2) is 30.3 Å². The zero-order valence-corrected chi connectivity index (χ0v) is 20.0. The van der Waals surface area contributed by atoms with E-state index in [0.29, 0.717) is 12.8 Å². The van der Waals surface area contributed by atoms with Crippen LogP contribution in [0, 0.1) is 5.92 Å². The molecule has 1 aromatic rings. The van der Waals surface area contributed by atoms with E-state index in [1.54, 1.807) is 0 Å². The molecule has 0 spiro atoms. The summed E-state index contributed by atoms with van der Waals surface area (Å²) in [4.78, 5) is 37.4. The van der Waals surface area contributed by atoms with Gasteiger partial charge in [0, 0.05) is 0 Å². The van der Waals surface area contributed by atoms with Gasteiger partial charge in [0.2, 0.25) is 5.91 Å². The number of unbranched alkanes of at least 4 members (excludes halogenated alkanes) is 5. The van der Waals surface area contributed by atoms with Crippen LogP contribution in [0.2, 0.25) is 0 Å². The summed E-state index contributed by atoms with van der Waals surface area (Å²) in [5, 5.41) is 5.42. The molecule has 0 saturated heterocycles. The number of hydrogen-bond donors (Lipinski definition) is 2. The molecule has 2 amide bonds. The predicted molar refractivity (Wildman–Crippen MR) is 125 cm³/mol. The van der Waals surface area contributed by atoms with Gasteiger partial charge in [0.25, 0.3) is 0 Å². The minimum atomic E-state index is -0.796. The molecule has 0 heterocycles. The Labute approximate surface area is 192 Å². The molecule has 0 aliphatic rings. The minimum Gasteiger partial charge on any atom is -0.467 e. The summed E-state index contributed by atoms with van der Waals surface area (Å²) >= 11 is 0. The van der Waals surface area contributed by atoms with E-state index in [1.165, 1.54) is 26.4 Å². The van der Waals surface area contributed by atoms with Gasteiger partial charge in [-0.15, -0.1) is 0 Å². The van der Waals surface area contributed by atoms with Crippen molar-refractivity contribution in [2.45, 2.75) is 90.8 Å². The minimum absolute atomic E-state index is 0.117. The van der Waals surface area contributed by atoms with E-state index in [2.05, 4.69) is 17.6 Å². The fourth-order valence-electron chi connectivity index (χ4n) is 3.40. The first kappa shape index (κ1) is 27.5. The zero-order valence-electron chi connectivity index (χ0n) is 20.0. The van der Waals surface area contributed by atoms with Crippen LogP contribution in [-0.2, 0) is 25.7 Å². The molecule has 180 valence electrons. The lowest BCUT2D eigenvalue weighted by atomic mass is 10.0. The van der Waals surface area contributed by atoms with E-state index in [0.717, 1.165) is 24.8 Å². The Kier molecular flexibility index (Phi) is 13.8. The molecule has 2 N–H and O–H groups in total. The Hall–Kier alpha value is -2.57. The van der Waals surface area contributed by atoms with Gasteiger partial charge in [0.15, 0.2) is 0 Å². The number of alkyl carbamates (subject to hydrolysis) is 1. The number of carbonyl (C=O) groups excluding carboxylic acids is 3. The molecule has 7 heteroatoms. The molecule has 0 bridgehead atoms. The average molecular weight is 449 g/mol. The lowest BCUT2D eigenvalue weighted by Crippen LogP contribution is -2.52. The van der Waals surface area contributed by atoms with Crippen molar-refractivity contribution in [3.8, 4) is 0 Å². The van der Waals surface area contributed by atoms with Gasteiger partial charge in [0.1, 0.15) is 18.7 Å². The standard InChI is InChI=1S/C25H40N2O5/c1-5-6-7-8-9-13-16-21(24(29)31-4)26-23(28)22(17-19(2)3)27-25(30)32-18-20-14-11-10-12-15-20/h10-12,14-15,19,21-22H,5-9,13,16-18H2,1-4H3,(H,26,28)(H,27,30)/t21-,22-/m0/s1. The van der Waals surface area contributed by atoms with Gasteiger partial charge in [-0.25, -0.2) is 9.59 Å². The number of nitrogens with one attached hydrogen (secondary N) is 2. The fraction of sp³-hybridized carbons (Fsp3) is 0.640. The Balaban J connectivity index is 2.63. The summed E-state index contributed by atoms with van der Waals surface area (Å²) in [5.41, 5.74) is 0.859. The molecule has 1 rings (SSSR count). The van der Waals surface area contributed by atoms with Crippen LogP contribution in [0.5, 0.6) is 0 Å². The van der Waals surface area contributed by atoms with E-state index in [4.69, 9.17) is 9.47 Å². The molecule has 0 saturated carbocycles. The van der Waals surface area contributed by atoms with E-state index in [9.17, 15) is 14.4 Å². The Morgan fingerprint density at radius 2 is 1.56 bits per heavy atom. The highest BCUT2D eigenvalue weighted by Crippen LogP contribution is 2.11. The highest BCUT2D eigenvalue weighted by Gasteiger charge is 2.28. The van der Waals surface area contributed by atoms with Crippen molar-refractivity contribution in [3.63, 3.8) is 0 Å². The molecule has 0 unspecified atom stereocenters. The quantitative estimate of drug-likeness (QED) is 0.299. The molecule has 0 fully saturated rings. The van der Waals surface area contributed by atoms with Crippen LogP contribution < -0.4 is 10.6 Å². The Morgan fingerprint density at radius 1 is 0.906 bits per heavy atom. The Bertz CT molecular complexity index is 678. The van der Waals surface area contributed by atoms with Crippen LogP contribution in [0.25, 0.3) is 0 Å². The number of benzene rings is 1. The Morgan fingerprint density at radius 3 is 2.19 bits per heavy atom. The second kappa shape index (κ2) is 16.1. The molecule has 32 heavy (non-hydrogen) atoms. The topological polar surface area (TPSA) is 93.7 Å². The van der Waals surface area contributed by atoms with Gasteiger partial charge >= 0.3 is 12.1 Å². The number of esters is 1. The van der Waals surface area contributed by atoms with Crippen molar-refractivity contribution < 1.29 is 23.9 Å². The van der Waals surface area contributed by atoms with Gasteiger partial charge in [-0.05, 0) is 24.3 Å². The number of ether oxygens (including phenoxy) is 2. The molecular weight excluding hydrogens is 408 g/mol. The summed E-state index contributed by atoms with van der Waals surface area (Å²) in [6, 6.07) is 7.80. The largest absolute Gasteiger partial charge is 0.467 e. The lowest BCUT2D eigenvalue weighted by molar-refractivity contribution is -0.145. The third-order valence-electron chi connectivity index (χ3n) is 5.18. The number of carbonyl (C=O) groups is 3. The van der Waals surface area contributed by atoms with Crippen molar-refractivity contribution in [2.75, 3.05) is 7.11 Å². The van der Waals surface area contributed by atoms with Crippen LogP contribution in [0.4, 0.5) is 4.79 Å². The van der Waals surface area contributed by atoms with Crippen molar-refractivity contribution >= 4 is 18.0 Å². The summed E-state index contributed by atoms with van der Waals surface area (Å²) in [6.07, 6.45) is 6.78. The van der Waals surface area contributed by atoms with Crippen LogP contribution in [-0.4, -0.2) is 37.2 Å². The third kappa shape index (κ3) is 11.7. The molecule has 1 aromatic carbocycles. The van der Waals surface area contributed by atoms with E-state index >= 15 is 0 Å². The molecule has 0 aromatic heterocycles. The number of rotatable bonds is 15. The SMILES string of the molecule is CCCCCCCC[C@H](NC(=O)[C@H](CC(C)C)NC(=O)OCc1ccccc1)C(=O)OC. The van der Waals surface area contributed by atoms with E-state index in [-0.39, 0.29) is 12.5 Å². The van der Waals surface area contributed by atoms with Gasteiger partial charge in [-0.1, -0.05) is 89.6 Å². The molecular formula is C25H40N2O5. The number of methoxy groups -OCH3 is 1. The first-order valence-electron chi connectivity index (χ1n) is 11.7. The van der Waals surface area contributed by atoms with Gasteiger partial charge in [-0.2, -0.15) is 0 Å². The van der Waals surface area contributed by atoms with Gasteiger partial charge in [0.05, 0.1) is 7.11 Å². The van der Waals surface area contributed by atoms with Crippen LogP contribution >= 0.6 is 0 Å². The maximum absolute atomic E-state index is 12.9. The van der Waals surface area contributed by atoms with Crippen molar-refractivity contribution in [3.05, 3.63) is 35.9 Å². The van der Waals surface area contributed by atoms with Gasteiger partial charge < -0.3 is 20.1 Å². The van der Waals surface area contributed by atoms with Crippen LogP contribution in [0.1, 0.15) is 77.7 Å². The highest BCUT2D eigenvalue weighted by atomic mass is 16.5. The number of amides is 2. The second-order valence-electron chi connectivity index (χ2n) is 8.53. The van der Waals surface area contributed by atoms with Crippen molar-refractivity contribution in [2.24, 2.45) is 5.92 Å². The first-order valence-corrected chi connectivity index (χ1v) is 11.7. The summed E-state index contributed by atoms with van der Waals surface area (Å²) in [6.45, 7) is 6.21. The monoisotopic (exact) mass is 448 g/mol. The van der Waals surface area contributed by atoms with E-state index in [1.807, 2.05) is 44.2 Å². The van der Waals surface area contributed by atoms with Crippen molar-refractivity contribution in [1.29, 1.82) is 0 Å². The van der Waals surface area contributed by atoms with Crippen LogP contribution in [0.3, 0.4) is 0 Å². The zero-order chi connectivity index (χ0) is 23.8. The predicted octanol–water partition coefficient (Wildman–Crippen LogP) is 4.74. The summed E-state index contributed by atoms with van der Waals surface area (Å²) < 4.78 is 10.1. The fourth-order valence-corrected chi connectivity index (χ4v) is 3.40.